The van der Waals surface area contributed by atoms with Gasteiger partial charge in [-0.3, -0.25) is 0 Å². The van der Waals surface area contributed by atoms with Crippen molar-refractivity contribution < 1.29 is 19.4 Å². The number of hydrogen-bond acceptors (Lipinski definition) is 3. The van der Waals surface area contributed by atoms with Gasteiger partial charge in [-0.15, -0.1) is 0 Å². The SMILES string of the molecule is COCCC(C)C(=Cc1ccc(OC)cc1)C(=O)O. The lowest BCUT2D eigenvalue weighted by atomic mass is 9.96. The van der Waals surface area contributed by atoms with E-state index in [1.807, 2.05) is 31.2 Å². The molecule has 0 fully saturated rings. The van der Waals surface area contributed by atoms with Crippen LogP contribution in [0.25, 0.3) is 6.08 Å². The van der Waals surface area contributed by atoms with E-state index in [9.17, 15) is 9.90 Å². The second kappa shape index (κ2) is 7.59. The molecule has 1 atom stereocenters. The van der Waals surface area contributed by atoms with Crippen LogP contribution >= 0.6 is 0 Å². The first kappa shape index (κ1) is 15.2. The molecule has 104 valence electrons. The summed E-state index contributed by atoms with van der Waals surface area (Å²) < 4.78 is 10.1. The van der Waals surface area contributed by atoms with E-state index in [1.165, 1.54) is 0 Å². The summed E-state index contributed by atoms with van der Waals surface area (Å²) in [6.45, 7) is 2.44. The Balaban J connectivity index is 2.90. The van der Waals surface area contributed by atoms with Gasteiger partial charge in [0.2, 0.25) is 0 Å². The Hall–Kier alpha value is -1.81. The van der Waals surface area contributed by atoms with E-state index in [2.05, 4.69) is 0 Å². The monoisotopic (exact) mass is 264 g/mol. The molecule has 1 aromatic rings. The number of rotatable bonds is 7. The largest absolute Gasteiger partial charge is 0.497 e. The molecule has 0 radical (unpaired) electrons. The Morgan fingerprint density at radius 1 is 1.32 bits per heavy atom. The molecule has 1 unspecified atom stereocenters. The molecule has 4 nitrogen and oxygen atoms in total. The third-order valence-electron chi connectivity index (χ3n) is 2.97. The van der Waals surface area contributed by atoms with E-state index in [4.69, 9.17) is 9.47 Å². The molecule has 4 heteroatoms. The van der Waals surface area contributed by atoms with Crippen LogP contribution < -0.4 is 4.74 Å². The van der Waals surface area contributed by atoms with Crippen LogP contribution in [0.5, 0.6) is 5.75 Å². The lowest BCUT2D eigenvalue weighted by Crippen LogP contribution is -2.11. The molecule has 1 aromatic carbocycles. The van der Waals surface area contributed by atoms with Crippen molar-refractivity contribution in [1.82, 2.24) is 0 Å². The van der Waals surface area contributed by atoms with Crippen molar-refractivity contribution in [3.05, 3.63) is 35.4 Å². The van der Waals surface area contributed by atoms with Gasteiger partial charge >= 0.3 is 5.97 Å². The molecular formula is C15H20O4. The van der Waals surface area contributed by atoms with Crippen molar-refractivity contribution in [1.29, 1.82) is 0 Å². The smallest absolute Gasteiger partial charge is 0.331 e. The quantitative estimate of drug-likeness (QED) is 0.769. The number of carboxylic acid groups (broad SMARTS) is 1. The fourth-order valence-corrected chi connectivity index (χ4v) is 1.74. The van der Waals surface area contributed by atoms with Crippen LogP contribution in [0.15, 0.2) is 29.8 Å². The second-order valence-corrected chi connectivity index (χ2v) is 4.36. The average molecular weight is 264 g/mol. The number of ether oxygens (including phenoxy) is 2. The van der Waals surface area contributed by atoms with Crippen LogP contribution in [-0.4, -0.2) is 31.9 Å². The van der Waals surface area contributed by atoms with Gasteiger partial charge < -0.3 is 14.6 Å². The summed E-state index contributed by atoms with van der Waals surface area (Å²) >= 11 is 0. The summed E-state index contributed by atoms with van der Waals surface area (Å²) in [5.41, 5.74) is 1.24. The lowest BCUT2D eigenvalue weighted by Gasteiger charge is -2.12. The Morgan fingerprint density at radius 2 is 1.95 bits per heavy atom. The van der Waals surface area contributed by atoms with Crippen LogP contribution in [-0.2, 0) is 9.53 Å². The van der Waals surface area contributed by atoms with Crippen LogP contribution in [0.1, 0.15) is 18.9 Å². The fourth-order valence-electron chi connectivity index (χ4n) is 1.74. The van der Waals surface area contributed by atoms with Crippen molar-refractivity contribution >= 4 is 12.0 Å². The fraction of sp³-hybridized carbons (Fsp3) is 0.400. The highest BCUT2D eigenvalue weighted by Crippen LogP contribution is 2.20. The van der Waals surface area contributed by atoms with Gasteiger partial charge in [0.1, 0.15) is 5.75 Å². The molecule has 0 aliphatic heterocycles. The van der Waals surface area contributed by atoms with Crippen molar-refractivity contribution in [3.8, 4) is 5.75 Å². The molecule has 0 spiro atoms. The highest BCUT2D eigenvalue weighted by atomic mass is 16.5. The standard InChI is InChI=1S/C15H20O4/c1-11(8-9-18-2)14(15(16)17)10-12-4-6-13(19-3)7-5-12/h4-7,10-11H,8-9H2,1-3H3,(H,16,17). The Morgan fingerprint density at radius 3 is 2.42 bits per heavy atom. The first-order valence-corrected chi connectivity index (χ1v) is 6.16. The maximum absolute atomic E-state index is 11.3. The van der Waals surface area contributed by atoms with Crippen LogP contribution in [0, 0.1) is 5.92 Å². The van der Waals surface area contributed by atoms with Crippen molar-refractivity contribution in [3.63, 3.8) is 0 Å². The molecule has 0 saturated carbocycles. The molecule has 19 heavy (non-hydrogen) atoms. The summed E-state index contributed by atoms with van der Waals surface area (Å²) in [4.78, 5) is 11.3. The van der Waals surface area contributed by atoms with E-state index in [0.717, 1.165) is 11.3 Å². The molecule has 0 bridgehead atoms. The van der Waals surface area contributed by atoms with Crippen molar-refractivity contribution in [2.45, 2.75) is 13.3 Å². The molecule has 1 N–H and O–H groups in total. The number of carbonyl (C=O) groups is 1. The molecular weight excluding hydrogens is 244 g/mol. The Labute approximate surface area is 113 Å². The van der Waals surface area contributed by atoms with Gasteiger partial charge in [-0.1, -0.05) is 19.1 Å². The van der Waals surface area contributed by atoms with Gasteiger partial charge in [-0.05, 0) is 36.1 Å². The van der Waals surface area contributed by atoms with E-state index in [-0.39, 0.29) is 5.92 Å². The summed E-state index contributed by atoms with van der Waals surface area (Å²) in [5, 5.41) is 9.27. The van der Waals surface area contributed by atoms with Gasteiger partial charge in [0, 0.05) is 19.3 Å². The summed E-state index contributed by atoms with van der Waals surface area (Å²) in [6, 6.07) is 7.30. The minimum absolute atomic E-state index is 0.0560. The van der Waals surface area contributed by atoms with Gasteiger partial charge in [-0.25, -0.2) is 4.79 Å². The number of aliphatic carboxylic acids is 1. The Kier molecular flexibility index (Phi) is 6.09. The van der Waals surface area contributed by atoms with Crippen LogP contribution in [0.3, 0.4) is 0 Å². The summed E-state index contributed by atoms with van der Waals surface area (Å²) in [7, 11) is 3.21. The van der Waals surface area contributed by atoms with E-state index in [0.29, 0.717) is 18.6 Å². The zero-order valence-electron chi connectivity index (χ0n) is 11.6. The molecule has 0 aromatic heterocycles. The highest BCUT2D eigenvalue weighted by molar-refractivity contribution is 5.92. The first-order valence-electron chi connectivity index (χ1n) is 6.16. The maximum Gasteiger partial charge on any atom is 0.331 e. The van der Waals surface area contributed by atoms with Gasteiger partial charge in [0.15, 0.2) is 0 Å². The Bertz CT molecular complexity index is 434. The topological polar surface area (TPSA) is 55.8 Å². The molecule has 1 rings (SSSR count). The minimum atomic E-state index is -0.889. The number of benzene rings is 1. The normalized spacial score (nSPS) is 13.1. The number of hydrogen-bond donors (Lipinski definition) is 1. The highest BCUT2D eigenvalue weighted by Gasteiger charge is 2.15. The number of methoxy groups -OCH3 is 2. The van der Waals surface area contributed by atoms with E-state index < -0.39 is 5.97 Å². The van der Waals surface area contributed by atoms with E-state index in [1.54, 1.807) is 20.3 Å². The molecule has 0 aliphatic carbocycles. The number of carboxylic acids is 1. The predicted octanol–water partition coefficient (Wildman–Crippen LogP) is 2.84. The van der Waals surface area contributed by atoms with Gasteiger partial charge in [-0.2, -0.15) is 0 Å². The summed E-state index contributed by atoms with van der Waals surface area (Å²) in [5.74, 6) is -0.194. The molecule has 0 amide bonds. The summed E-state index contributed by atoms with van der Waals surface area (Å²) in [6.07, 6.45) is 2.38. The minimum Gasteiger partial charge on any atom is -0.497 e. The third kappa shape index (κ3) is 4.75. The maximum atomic E-state index is 11.3. The first-order chi connectivity index (χ1) is 9.08. The van der Waals surface area contributed by atoms with Crippen LogP contribution in [0.4, 0.5) is 0 Å². The predicted molar refractivity (Wildman–Crippen MR) is 74.3 cm³/mol. The lowest BCUT2D eigenvalue weighted by molar-refractivity contribution is -0.133. The second-order valence-electron chi connectivity index (χ2n) is 4.36. The van der Waals surface area contributed by atoms with Gasteiger partial charge in [0.25, 0.3) is 0 Å². The van der Waals surface area contributed by atoms with Crippen molar-refractivity contribution in [2.75, 3.05) is 20.8 Å². The zero-order valence-corrected chi connectivity index (χ0v) is 11.6. The molecule has 0 heterocycles. The van der Waals surface area contributed by atoms with Gasteiger partial charge in [0.05, 0.1) is 7.11 Å². The average Bonchev–Trinajstić information content (AvgIpc) is 2.42. The van der Waals surface area contributed by atoms with Crippen LogP contribution in [0.2, 0.25) is 0 Å². The zero-order chi connectivity index (χ0) is 14.3. The molecule has 0 saturated heterocycles. The van der Waals surface area contributed by atoms with Crippen molar-refractivity contribution in [2.24, 2.45) is 5.92 Å². The van der Waals surface area contributed by atoms with E-state index >= 15 is 0 Å². The molecule has 0 aliphatic rings. The third-order valence-corrected chi connectivity index (χ3v) is 2.97.